The minimum absolute atomic E-state index is 0.0613. The molecule has 5 rings (SSSR count). The van der Waals surface area contributed by atoms with E-state index in [1.807, 2.05) is 59.5 Å². The Bertz CT molecular complexity index is 969. The highest BCUT2D eigenvalue weighted by atomic mass is 16.5. The maximum atomic E-state index is 12.8. The summed E-state index contributed by atoms with van der Waals surface area (Å²) in [5.41, 5.74) is 2.35. The second-order valence-corrected chi connectivity index (χ2v) is 6.87. The van der Waals surface area contributed by atoms with Crippen molar-refractivity contribution >= 4 is 17.6 Å². The molecule has 1 N–H and O–H groups in total. The van der Waals surface area contributed by atoms with Crippen LogP contribution in [0.5, 0.6) is 0 Å². The van der Waals surface area contributed by atoms with Crippen LogP contribution < -0.4 is 10.2 Å². The number of amides is 1. The summed E-state index contributed by atoms with van der Waals surface area (Å²) in [6.45, 7) is 1.35. The molecule has 6 nitrogen and oxygen atoms in total. The highest BCUT2D eigenvalue weighted by molar-refractivity contribution is 6.06. The van der Waals surface area contributed by atoms with Gasteiger partial charge in [0, 0.05) is 24.3 Å². The van der Waals surface area contributed by atoms with Gasteiger partial charge in [-0.3, -0.25) is 4.79 Å². The molecule has 1 atom stereocenters. The molecule has 2 aliphatic rings. The summed E-state index contributed by atoms with van der Waals surface area (Å²) < 4.78 is 5.52. The highest BCUT2D eigenvalue weighted by Crippen LogP contribution is 2.44. The molecule has 3 aromatic rings. The van der Waals surface area contributed by atoms with E-state index in [2.05, 4.69) is 15.5 Å². The lowest BCUT2D eigenvalue weighted by atomic mass is 9.75. The fourth-order valence-corrected chi connectivity index (χ4v) is 4.05. The number of fused-ring (bicyclic) bond motifs is 2. The number of hydrogen-bond acceptors (Lipinski definition) is 5. The second-order valence-electron chi connectivity index (χ2n) is 6.87. The second kappa shape index (κ2) is 5.69. The van der Waals surface area contributed by atoms with Crippen molar-refractivity contribution in [2.45, 2.75) is 18.3 Å². The monoisotopic (exact) mass is 346 g/mol. The number of anilines is 2. The molecule has 0 radical (unpaired) electrons. The third-order valence-electron chi connectivity index (χ3n) is 5.34. The Morgan fingerprint density at radius 2 is 1.88 bits per heavy atom. The van der Waals surface area contributed by atoms with Gasteiger partial charge in [-0.25, -0.2) is 0 Å². The molecule has 1 aromatic heterocycles. The molecule has 1 fully saturated rings. The number of carbonyl (C=O) groups excluding carboxylic acids is 1. The lowest BCUT2D eigenvalue weighted by Gasteiger charge is -2.37. The minimum Gasteiger partial charge on any atom is -0.325 e. The van der Waals surface area contributed by atoms with Gasteiger partial charge in [-0.15, -0.1) is 0 Å². The normalized spacial score (nSPS) is 21.7. The number of nitrogens with zero attached hydrogens (tertiary/aromatic N) is 3. The molecule has 0 aliphatic carbocycles. The molecular formula is C20H18N4O2. The summed E-state index contributed by atoms with van der Waals surface area (Å²) in [6, 6.07) is 18.2. The molecule has 0 bridgehead atoms. The third kappa shape index (κ3) is 2.22. The SMILES string of the molecule is O=C1Nc2ccccc2C12CCCN(c1nc(-c3ccccc3)no1)C2. The Morgan fingerprint density at radius 1 is 1.08 bits per heavy atom. The summed E-state index contributed by atoms with van der Waals surface area (Å²) >= 11 is 0. The van der Waals surface area contributed by atoms with E-state index in [1.165, 1.54) is 0 Å². The fourth-order valence-electron chi connectivity index (χ4n) is 4.05. The first-order chi connectivity index (χ1) is 12.8. The van der Waals surface area contributed by atoms with Crippen LogP contribution in [0.15, 0.2) is 59.1 Å². The van der Waals surface area contributed by atoms with Crippen LogP contribution in [0.2, 0.25) is 0 Å². The lowest BCUT2D eigenvalue weighted by molar-refractivity contribution is -0.121. The number of carbonyl (C=O) groups is 1. The van der Waals surface area contributed by atoms with E-state index in [9.17, 15) is 4.79 Å². The van der Waals surface area contributed by atoms with Gasteiger partial charge in [0.25, 0.3) is 0 Å². The Hall–Kier alpha value is -3.15. The van der Waals surface area contributed by atoms with Crippen LogP contribution in [0.1, 0.15) is 18.4 Å². The van der Waals surface area contributed by atoms with Crippen molar-refractivity contribution in [3.63, 3.8) is 0 Å². The van der Waals surface area contributed by atoms with Crippen LogP contribution in [0.4, 0.5) is 11.7 Å². The van der Waals surface area contributed by atoms with Crippen LogP contribution in [0, 0.1) is 0 Å². The van der Waals surface area contributed by atoms with E-state index in [-0.39, 0.29) is 5.91 Å². The van der Waals surface area contributed by atoms with E-state index in [4.69, 9.17) is 4.52 Å². The Balaban J connectivity index is 1.47. The average molecular weight is 346 g/mol. The van der Waals surface area contributed by atoms with Crippen molar-refractivity contribution in [1.82, 2.24) is 10.1 Å². The maximum absolute atomic E-state index is 12.8. The highest BCUT2D eigenvalue weighted by Gasteiger charge is 2.49. The number of nitrogens with one attached hydrogen (secondary N) is 1. The largest absolute Gasteiger partial charge is 0.325 e. The van der Waals surface area contributed by atoms with Gasteiger partial charge in [0.1, 0.15) is 0 Å². The molecule has 3 heterocycles. The van der Waals surface area contributed by atoms with E-state index >= 15 is 0 Å². The molecule has 1 unspecified atom stereocenters. The zero-order valence-corrected chi connectivity index (χ0v) is 14.2. The fraction of sp³-hybridized carbons (Fsp3) is 0.250. The number of rotatable bonds is 2. The molecular weight excluding hydrogens is 328 g/mol. The number of para-hydroxylation sites is 1. The van der Waals surface area contributed by atoms with Crippen molar-refractivity contribution in [2.24, 2.45) is 0 Å². The van der Waals surface area contributed by atoms with Crippen molar-refractivity contribution < 1.29 is 9.32 Å². The average Bonchev–Trinajstić information content (AvgIpc) is 3.28. The predicted molar refractivity (Wildman–Crippen MR) is 97.9 cm³/mol. The first kappa shape index (κ1) is 15.1. The van der Waals surface area contributed by atoms with E-state index < -0.39 is 5.41 Å². The van der Waals surface area contributed by atoms with Crippen molar-refractivity contribution in [2.75, 3.05) is 23.3 Å². The van der Waals surface area contributed by atoms with Crippen molar-refractivity contribution in [1.29, 1.82) is 0 Å². The van der Waals surface area contributed by atoms with Crippen LogP contribution in [-0.4, -0.2) is 29.1 Å². The van der Waals surface area contributed by atoms with Crippen LogP contribution in [0.3, 0.4) is 0 Å². The van der Waals surface area contributed by atoms with Gasteiger partial charge < -0.3 is 14.7 Å². The maximum Gasteiger partial charge on any atom is 0.324 e. The molecule has 2 aromatic carbocycles. The Kier molecular flexibility index (Phi) is 3.31. The minimum atomic E-state index is -0.545. The molecule has 1 spiro atoms. The van der Waals surface area contributed by atoms with E-state index in [1.54, 1.807) is 0 Å². The standard InChI is InChI=1S/C20H18N4O2/c25-18-20(15-9-4-5-10-16(15)21-18)11-6-12-24(13-20)19-22-17(23-26-19)14-7-2-1-3-8-14/h1-5,7-10H,6,11-13H2,(H,21,25). The summed E-state index contributed by atoms with van der Waals surface area (Å²) in [5.74, 6) is 0.627. The summed E-state index contributed by atoms with van der Waals surface area (Å²) in [6.07, 6.45) is 1.72. The number of piperidine rings is 1. The van der Waals surface area contributed by atoms with Gasteiger partial charge in [0.2, 0.25) is 11.7 Å². The van der Waals surface area contributed by atoms with Gasteiger partial charge in [-0.05, 0) is 24.5 Å². The lowest BCUT2D eigenvalue weighted by Crippen LogP contribution is -2.50. The van der Waals surface area contributed by atoms with Gasteiger partial charge in [-0.2, -0.15) is 4.98 Å². The van der Waals surface area contributed by atoms with Gasteiger partial charge in [-0.1, -0.05) is 53.7 Å². The van der Waals surface area contributed by atoms with Crippen molar-refractivity contribution in [3.8, 4) is 11.4 Å². The summed E-state index contributed by atoms with van der Waals surface area (Å²) in [5, 5.41) is 7.14. The Morgan fingerprint density at radius 3 is 2.77 bits per heavy atom. The zero-order valence-electron chi connectivity index (χ0n) is 14.2. The van der Waals surface area contributed by atoms with E-state index in [0.717, 1.165) is 36.2 Å². The number of hydrogen-bond donors (Lipinski definition) is 1. The number of benzene rings is 2. The molecule has 1 saturated heterocycles. The van der Waals surface area contributed by atoms with Crippen LogP contribution in [-0.2, 0) is 10.2 Å². The van der Waals surface area contributed by atoms with Crippen LogP contribution >= 0.6 is 0 Å². The molecule has 0 saturated carbocycles. The summed E-state index contributed by atoms with van der Waals surface area (Å²) in [4.78, 5) is 19.4. The third-order valence-corrected chi connectivity index (χ3v) is 5.34. The van der Waals surface area contributed by atoms with Gasteiger partial charge >= 0.3 is 6.01 Å². The Labute approximate surface area is 150 Å². The van der Waals surface area contributed by atoms with Gasteiger partial charge in [0.15, 0.2) is 0 Å². The molecule has 2 aliphatic heterocycles. The quantitative estimate of drug-likeness (QED) is 0.771. The van der Waals surface area contributed by atoms with E-state index in [0.29, 0.717) is 18.4 Å². The van der Waals surface area contributed by atoms with Crippen LogP contribution in [0.25, 0.3) is 11.4 Å². The molecule has 6 heteroatoms. The molecule has 26 heavy (non-hydrogen) atoms. The first-order valence-electron chi connectivity index (χ1n) is 8.81. The topological polar surface area (TPSA) is 71.3 Å². The van der Waals surface area contributed by atoms with Gasteiger partial charge in [0.05, 0.1) is 5.41 Å². The number of aromatic nitrogens is 2. The molecule has 130 valence electrons. The predicted octanol–water partition coefficient (Wildman–Crippen LogP) is 3.23. The summed E-state index contributed by atoms with van der Waals surface area (Å²) in [7, 11) is 0. The smallest absolute Gasteiger partial charge is 0.324 e. The zero-order chi connectivity index (χ0) is 17.6. The molecule has 1 amide bonds. The first-order valence-corrected chi connectivity index (χ1v) is 8.81. The van der Waals surface area contributed by atoms with Crippen molar-refractivity contribution in [3.05, 3.63) is 60.2 Å².